The number of benzene rings is 1. The summed E-state index contributed by atoms with van der Waals surface area (Å²) in [5.74, 6) is -0.105. The number of carbonyl (C=O) groups excluding carboxylic acids is 1. The number of aliphatic hydroxyl groups is 1. The Morgan fingerprint density at radius 3 is 2.59 bits per heavy atom. The molecule has 0 aromatic heterocycles. The van der Waals surface area contributed by atoms with Gasteiger partial charge >= 0.3 is 0 Å². The standard InChI is InChI=1S/C14H15BrO2/c1-9-11(7-10-5-3-2-4-6-10)13(16)8-12(15)14(9)17/h2-6,8-9,11,13,16H,7H2,1H3. The van der Waals surface area contributed by atoms with Gasteiger partial charge in [0.15, 0.2) is 5.78 Å². The van der Waals surface area contributed by atoms with Crippen LogP contribution in [0.2, 0.25) is 0 Å². The van der Waals surface area contributed by atoms with E-state index in [9.17, 15) is 9.90 Å². The summed E-state index contributed by atoms with van der Waals surface area (Å²) in [5.41, 5.74) is 1.16. The molecule has 0 aliphatic heterocycles. The predicted octanol–water partition coefficient (Wildman–Crippen LogP) is 2.70. The molecule has 1 aliphatic carbocycles. The van der Waals surface area contributed by atoms with E-state index in [0.29, 0.717) is 4.48 Å². The fraction of sp³-hybridized carbons (Fsp3) is 0.357. The van der Waals surface area contributed by atoms with Crippen LogP contribution >= 0.6 is 15.9 Å². The minimum absolute atomic E-state index is 0.0359. The molecular weight excluding hydrogens is 280 g/mol. The van der Waals surface area contributed by atoms with Crippen LogP contribution in [0.15, 0.2) is 40.9 Å². The van der Waals surface area contributed by atoms with E-state index in [2.05, 4.69) is 15.9 Å². The lowest BCUT2D eigenvalue weighted by atomic mass is 9.78. The monoisotopic (exact) mass is 294 g/mol. The minimum Gasteiger partial charge on any atom is -0.389 e. The fourth-order valence-electron chi connectivity index (χ4n) is 2.25. The highest BCUT2D eigenvalue weighted by atomic mass is 79.9. The summed E-state index contributed by atoms with van der Waals surface area (Å²) in [7, 11) is 0. The van der Waals surface area contributed by atoms with Crippen LogP contribution in [0.25, 0.3) is 0 Å². The minimum atomic E-state index is -0.558. The lowest BCUT2D eigenvalue weighted by Crippen LogP contribution is -2.36. The van der Waals surface area contributed by atoms with Crippen molar-refractivity contribution in [2.45, 2.75) is 19.4 Å². The molecule has 0 radical (unpaired) electrons. The number of hydrogen-bond donors (Lipinski definition) is 1. The lowest BCUT2D eigenvalue weighted by molar-refractivity contribution is -0.121. The second-order valence-corrected chi connectivity index (χ2v) is 5.37. The zero-order valence-electron chi connectivity index (χ0n) is 9.64. The molecule has 0 heterocycles. The third-order valence-electron chi connectivity index (χ3n) is 3.36. The van der Waals surface area contributed by atoms with Crippen LogP contribution in [0, 0.1) is 11.8 Å². The van der Waals surface area contributed by atoms with Gasteiger partial charge in [0.2, 0.25) is 0 Å². The maximum absolute atomic E-state index is 11.8. The lowest BCUT2D eigenvalue weighted by Gasteiger charge is -2.30. The number of allylic oxidation sites excluding steroid dienone is 1. The summed E-state index contributed by atoms with van der Waals surface area (Å²) in [5, 5.41) is 10.0. The number of carbonyl (C=O) groups is 1. The first-order valence-corrected chi connectivity index (χ1v) is 6.52. The molecule has 17 heavy (non-hydrogen) atoms. The molecule has 1 aromatic rings. The molecule has 0 saturated carbocycles. The Labute approximate surface area is 109 Å². The van der Waals surface area contributed by atoms with Crippen molar-refractivity contribution in [3.05, 3.63) is 46.5 Å². The number of halogens is 1. The first-order valence-electron chi connectivity index (χ1n) is 5.73. The van der Waals surface area contributed by atoms with Crippen LogP contribution in [0.5, 0.6) is 0 Å². The second-order valence-electron chi connectivity index (χ2n) is 4.51. The average molecular weight is 295 g/mol. The smallest absolute Gasteiger partial charge is 0.172 e. The maximum Gasteiger partial charge on any atom is 0.172 e. The first-order chi connectivity index (χ1) is 8.09. The van der Waals surface area contributed by atoms with Crippen molar-refractivity contribution in [2.24, 2.45) is 11.8 Å². The van der Waals surface area contributed by atoms with E-state index in [0.717, 1.165) is 12.0 Å². The molecule has 0 spiro atoms. The van der Waals surface area contributed by atoms with Crippen molar-refractivity contribution in [1.29, 1.82) is 0 Å². The van der Waals surface area contributed by atoms with Gasteiger partial charge in [0, 0.05) is 11.8 Å². The zero-order chi connectivity index (χ0) is 12.4. The third-order valence-corrected chi connectivity index (χ3v) is 4.02. The van der Waals surface area contributed by atoms with E-state index in [4.69, 9.17) is 0 Å². The Kier molecular flexibility index (Phi) is 3.79. The van der Waals surface area contributed by atoms with Gasteiger partial charge in [-0.3, -0.25) is 4.79 Å². The molecule has 2 nitrogen and oxygen atoms in total. The number of aliphatic hydroxyl groups excluding tert-OH is 1. The van der Waals surface area contributed by atoms with Gasteiger partial charge in [-0.25, -0.2) is 0 Å². The van der Waals surface area contributed by atoms with Crippen LogP contribution in [-0.4, -0.2) is 17.0 Å². The van der Waals surface area contributed by atoms with Crippen molar-refractivity contribution in [1.82, 2.24) is 0 Å². The molecular formula is C14H15BrO2. The third kappa shape index (κ3) is 2.67. The fourth-order valence-corrected chi connectivity index (χ4v) is 2.88. The van der Waals surface area contributed by atoms with E-state index in [1.165, 1.54) is 0 Å². The highest BCUT2D eigenvalue weighted by Crippen LogP contribution is 2.31. The molecule has 3 unspecified atom stereocenters. The maximum atomic E-state index is 11.8. The van der Waals surface area contributed by atoms with Gasteiger partial charge in [-0.15, -0.1) is 0 Å². The van der Waals surface area contributed by atoms with Crippen LogP contribution in [0.3, 0.4) is 0 Å². The van der Waals surface area contributed by atoms with Gasteiger partial charge in [-0.2, -0.15) is 0 Å². The van der Waals surface area contributed by atoms with Gasteiger partial charge in [0.25, 0.3) is 0 Å². The summed E-state index contributed by atoms with van der Waals surface area (Å²) in [6.45, 7) is 1.88. The number of hydrogen-bond acceptors (Lipinski definition) is 2. The van der Waals surface area contributed by atoms with E-state index in [1.54, 1.807) is 6.08 Å². The number of Topliss-reactive ketones (excluding diaryl/α,β-unsaturated/α-hetero) is 1. The Balaban J connectivity index is 2.19. The molecule has 0 saturated heterocycles. The summed E-state index contributed by atoms with van der Waals surface area (Å²) < 4.78 is 0.502. The van der Waals surface area contributed by atoms with Crippen molar-refractivity contribution in [3.8, 4) is 0 Å². The number of rotatable bonds is 2. The highest BCUT2D eigenvalue weighted by molar-refractivity contribution is 9.12. The van der Waals surface area contributed by atoms with Crippen LogP contribution in [-0.2, 0) is 11.2 Å². The molecule has 0 fully saturated rings. The van der Waals surface area contributed by atoms with Gasteiger partial charge in [-0.1, -0.05) is 37.3 Å². The molecule has 1 N–H and O–H groups in total. The Hall–Kier alpha value is -0.930. The topological polar surface area (TPSA) is 37.3 Å². The van der Waals surface area contributed by atoms with Crippen LogP contribution < -0.4 is 0 Å². The molecule has 0 amide bonds. The van der Waals surface area contributed by atoms with E-state index in [1.807, 2.05) is 37.3 Å². The van der Waals surface area contributed by atoms with E-state index < -0.39 is 6.10 Å². The van der Waals surface area contributed by atoms with Crippen molar-refractivity contribution < 1.29 is 9.90 Å². The Morgan fingerprint density at radius 1 is 1.29 bits per heavy atom. The van der Waals surface area contributed by atoms with Gasteiger partial charge in [0.1, 0.15) is 0 Å². The summed E-state index contributed by atoms with van der Waals surface area (Å²) >= 11 is 3.20. The molecule has 3 atom stereocenters. The Morgan fingerprint density at radius 2 is 1.94 bits per heavy atom. The quantitative estimate of drug-likeness (QED) is 0.911. The van der Waals surface area contributed by atoms with Gasteiger partial charge in [-0.05, 0) is 34.0 Å². The molecule has 0 bridgehead atoms. The normalized spacial score (nSPS) is 29.0. The molecule has 3 heteroatoms. The number of ketones is 1. The van der Waals surface area contributed by atoms with Crippen LogP contribution in [0.1, 0.15) is 12.5 Å². The summed E-state index contributed by atoms with van der Waals surface area (Å²) in [6.07, 6.45) is 1.78. The van der Waals surface area contributed by atoms with Gasteiger partial charge < -0.3 is 5.11 Å². The highest BCUT2D eigenvalue weighted by Gasteiger charge is 2.34. The van der Waals surface area contributed by atoms with E-state index in [-0.39, 0.29) is 17.6 Å². The van der Waals surface area contributed by atoms with Crippen molar-refractivity contribution in [3.63, 3.8) is 0 Å². The Bertz CT molecular complexity index is 439. The molecule has 1 aliphatic rings. The zero-order valence-corrected chi connectivity index (χ0v) is 11.2. The summed E-state index contributed by atoms with van der Waals surface area (Å²) in [6, 6.07) is 9.96. The summed E-state index contributed by atoms with van der Waals surface area (Å²) in [4.78, 5) is 11.8. The molecule has 1 aromatic carbocycles. The average Bonchev–Trinajstić information content (AvgIpc) is 2.33. The van der Waals surface area contributed by atoms with Gasteiger partial charge in [0.05, 0.1) is 10.6 Å². The molecule has 90 valence electrons. The molecule has 2 rings (SSSR count). The largest absolute Gasteiger partial charge is 0.389 e. The SMILES string of the molecule is CC1C(=O)C(Br)=CC(O)C1Cc1ccccc1. The van der Waals surface area contributed by atoms with Crippen LogP contribution in [0.4, 0.5) is 0 Å². The second kappa shape index (κ2) is 5.15. The van der Waals surface area contributed by atoms with Crippen molar-refractivity contribution in [2.75, 3.05) is 0 Å². The van der Waals surface area contributed by atoms with E-state index >= 15 is 0 Å². The predicted molar refractivity (Wildman–Crippen MR) is 70.8 cm³/mol. The first kappa shape index (κ1) is 12.5. The van der Waals surface area contributed by atoms with Crippen molar-refractivity contribution >= 4 is 21.7 Å².